The smallest absolute Gasteiger partial charge is 0.237 e. The molecule has 7 nitrogen and oxygen atoms in total. The Hall–Kier alpha value is -3.13. The Kier molecular flexibility index (Phi) is 6.10. The molecule has 0 aliphatic heterocycles. The highest BCUT2D eigenvalue weighted by Gasteiger charge is 2.18. The van der Waals surface area contributed by atoms with E-state index in [1.807, 2.05) is 24.3 Å². The average Bonchev–Trinajstić information content (AvgIpc) is 3.17. The summed E-state index contributed by atoms with van der Waals surface area (Å²) in [7, 11) is 1.61. The van der Waals surface area contributed by atoms with Gasteiger partial charge in [0.1, 0.15) is 5.75 Å². The minimum Gasteiger partial charge on any atom is -0.497 e. The SMILES string of the molecule is COc1ccc(-c2nc(S[C@@H](C)C(=O)Nc3ccc(C(C)=O)cc3)n[nH]2)cc1. The first kappa shape index (κ1) is 19.6. The van der Waals surface area contributed by atoms with Crippen molar-refractivity contribution in [1.29, 1.82) is 0 Å². The van der Waals surface area contributed by atoms with Crippen LogP contribution in [-0.4, -0.2) is 39.2 Å². The number of hydrogen-bond donors (Lipinski definition) is 2. The molecule has 0 fully saturated rings. The summed E-state index contributed by atoms with van der Waals surface area (Å²) in [4.78, 5) is 28.2. The minimum atomic E-state index is -0.396. The van der Waals surface area contributed by atoms with E-state index in [0.29, 0.717) is 22.2 Å². The number of thioether (sulfide) groups is 1. The fourth-order valence-electron chi connectivity index (χ4n) is 2.42. The van der Waals surface area contributed by atoms with Gasteiger partial charge < -0.3 is 10.1 Å². The minimum absolute atomic E-state index is 0.0147. The van der Waals surface area contributed by atoms with Crippen LogP contribution in [0.4, 0.5) is 5.69 Å². The number of methoxy groups -OCH3 is 1. The van der Waals surface area contributed by atoms with Crippen molar-refractivity contribution in [3.05, 3.63) is 54.1 Å². The third-order valence-corrected chi connectivity index (χ3v) is 5.00. The van der Waals surface area contributed by atoms with Crippen LogP contribution in [0.5, 0.6) is 5.75 Å². The molecule has 1 heterocycles. The summed E-state index contributed by atoms with van der Waals surface area (Å²) in [6.07, 6.45) is 0. The zero-order valence-corrected chi connectivity index (χ0v) is 16.5. The van der Waals surface area contributed by atoms with E-state index in [9.17, 15) is 9.59 Å². The summed E-state index contributed by atoms with van der Waals surface area (Å²) < 4.78 is 5.14. The Morgan fingerprint density at radius 3 is 2.39 bits per heavy atom. The van der Waals surface area contributed by atoms with Gasteiger partial charge in [-0.15, -0.1) is 5.10 Å². The lowest BCUT2D eigenvalue weighted by atomic mass is 10.1. The highest BCUT2D eigenvalue weighted by atomic mass is 32.2. The van der Waals surface area contributed by atoms with Crippen molar-refractivity contribution >= 4 is 29.1 Å². The lowest BCUT2D eigenvalue weighted by Crippen LogP contribution is -2.22. The number of carbonyl (C=O) groups is 2. The maximum Gasteiger partial charge on any atom is 0.237 e. The number of amides is 1. The lowest BCUT2D eigenvalue weighted by Gasteiger charge is -2.10. The van der Waals surface area contributed by atoms with E-state index >= 15 is 0 Å². The van der Waals surface area contributed by atoms with E-state index in [4.69, 9.17) is 4.74 Å². The zero-order chi connectivity index (χ0) is 20.1. The Morgan fingerprint density at radius 1 is 1.11 bits per heavy atom. The summed E-state index contributed by atoms with van der Waals surface area (Å²) in [5.41, 5.74) is 2.12. The Balaban J connectivity index is 1.60. The molecule has 0 aliphatic rings. The first-order valence-corrected chi connectivity index (χ1v) is 9.49. The summed E-state index contributed by atoms with van der Waals surface area (Å²) in [6.45, 7) is 3.29. The number of ketones is 1. The number of carbonyl (C=O) groups excluding carboxylic acids is 2. The molecule has 0 saturated heterocycles. The quantitative estimate of drug-likeness (QED) is 0.466. The number of ether oxygens (including phenoxy) is 1. The number of rotatable bonds is 7. The molecule has 3 aromatic rings. The van der Waals surface area contributed by atoms with Crippen molar-refractivity contribution in [3.63, 3.8) is 0 Å². The largest absolute Gasteiger partial charge is 0.497 e. The molecule has 2 N–H and O–H groups in total. The number of benzene rings is 2. The first-order valence-electron chi connectivity index (χ1n) is 8.61. The molecular weight excluding hydrogens is 376 g/mol. The molecule has 0 unspecified atom stereocenters. The molecule has 1 atom stereocenters. The molecule has 8 heteroatoms. The molecule has 2 aromatic carbocycles. The second-order valence-corrected chi connectivity index (χ2v) is 7.39. The van der Waals surface area contributed by atoms with Crippen LogP contribution in [0.2, 0.25) is 0 Å². The van der Waals surface area contributed by atoms with Gasteiger partial charge in [0.05, 0.1) is 12.4 Å². The molecule has 0 saturated carbocycles. The number of Topliss-reactive ketones (excluding diaryl/α,β-unsaturated/α-hetero) is 1. The number of anilines is 1. The second kappa shape index (κ2) is 8.71. The standard InChI is InChI=1S/C20H20N4O3S/c1-12(25)14-4-8-16(9-5-14)21-19(26)13(2)28-20-22-18(23-24-20)15-6-10-17(27-3)11-7-15/h4-11,13H,1-3H3,(H,21,26)(H,22,23,24)/t13-/m0/s1. The third kappa shape index (κ3) is 4.77. The van der Waals surface area contributed by atoms with Crippen molar-refractivity contribution in [2.45, 2.75) is 24.3 Å². The second-order valence-electron chi connectivity index (χ2n) is 6.08. The molecule has 0 bridgehead atoms. The predicted octanol–water partition coefficient (Wildman–Crippen LogP) is 3.80. The highest BCUT2D eigenvalue weighted by Crippen LogP contribution is 2.24. The number of hydrogen-bond acceptors (Lipinski definition) is 6. The number of aromatic amines is 1. The van der Waals surface area contributed by atoms with Gasteiger partial charge in [0.2, 0.25) is 11.1 Å². The van der Waals surface area contributed by atoms with Gasteiger partial charge in [0, 0.05) is 16.8 Å². The maximum atomic E-state index is 12.4. The molecule has 1 aromatic heterocycles. The third-order valence-electron chi connectivity index (χ3n) is 4.04. The lowest BCUT2D eigenvalue weighted by molar-refractivity contribution is -0.115. The van der Waals surface area contributed by atoms with Gasteiger partial charge >= 0.3 is 0 Å². The molecule has 28 heavy (non-hydrogen) atoms. The number of nitrogens with zero attached hydrogens (tertiary/aromatic N) is 2. The number of H-pyrrole nitrogens is 1. The molecule has 0 spiro atoms. The van der Waals surface area contributed by atoms with Crippen LogP contribution in [0.3, 0.4) is 0 Å². The first-order chi connectivity index (χ1) is 13.5. The molecule has 0 aliphatic carbocycles. The normalized spacial score (nSPS) is 11.7. The van der Waals surface area contributed by atoms with Crippen molar-refractivity contribution in [2.24, 2.45) is 0 Å². The molecule has 1 amide bonds. The van der Waals surface area contributed by atoms with E-state index in [1.165, 1.54) is 18.7 Å². The zero-order valence-electron chi connectivity index (χ0n) is 15.7. The molecule has 144 valence electrons. The van der Waals surface area contributed by atoms with Crippen LogP contribution in [0.1, 0.15) is 24.2 Å². The highest BCUT2D eigenvalue weighted by molar-refractivity contribution is 8.00. The fraction of sp³-hybridized carbons (Fsp3) is 0.200. The Morgan fingerprint density at radius 2 is 1.79 bits per heavy atom. The Labute approximate surface area is 166 Å². The van der Waals surface area contributed by atoms with Crippen LogP contribution < -0.4 is 10.1 Å². The summed E-state index contributed by atoms with van der Waals surface area (Å²) in [5, 5.41) is 9.98. The maximum absolute atomic E-state index is 12.4. The van der Waals surface area contributed by atoms with Gasteiger partial charge in [-0.25, -0.2) is 4.98 Å². The van der Waals surface area contributed by atoms with Gasteiger partial charge in [0.25, 0.3) is 0 Å². The van der Waals surface area contributed by atoms with Crippen molar-refractivity contribution in [3.8, 4) is 17.1 Å². The summed E-state index contributed by atoms with van der Waals surface area (Å²) >= 11 is 1.26. The van der Waals surface area contributed by atoms with Crippen molar-refractivity contribution < 1.29 is 14.3 Å². The summed E-state index contributed by atoms with van der Waals surface area (Å²) in [6, 6.07) is 14.2. The van der Waals surface area contributed by atoms with Crippen LogP contribution in [0.15, 0.2) is 53.7 Å². The van der Waals surface area contributed by atoms with Gasteiger partial charge in [-0.3, -0.25) is 14.7 Å². The van der Waals surface area contributed by atoms with E-state index in [1.54, 1.807) is 38.3 Å². The van der Waals surface area contributed by atoms with Gasteiger partial charge in [-0.2, -0.15) is 0 Å². The van der Waals surface area contributed by atoms with Crippen LogP contribution in [0, 0.1) is 0 Å². The monoisotopic (exact) mass is 396 g/mol. The van der Waals surface area contributed by atoms with Crippen LogP contribution >= 0.6 is 11.8 Å². The van der Waals surface area contributed by atoms with E-state index in [0.717, 1.165) is 11.3 Å². The van der Waals surface area contributed by atoms with Gasteiger partial charge in [-0.05, 0) is 62.4 Å². The average molecular weight is 396 g/mol. The Bertz CT molecular complexity index is 968. The fourth-order valence-corrected chi connectivity index (χ4v) is 3.15. The van der Waals surface area contributed by atoms with Crippen molar-refractivity contribution in [1.82, 2.24) is 15.2 Å². The van der Waals surface area contributed by atoms with E-state index in [2.05, 4.69) is 20.5 Å². The number of nitrogens with one attached hydrogen (secondary N) is 2. The van der Waals surface area contributed by atoms with Crippen LogP contribution in [-0.2, 0) is 4.79 Å². The topological polar surface area (TPSA) is 97.0 Å². The van der Waals surface area contributed by atoms with Crippen molar-refractivity contribution in [2.75, 3.05) is 12.4 Å². The number of aromatic nitrogens is 3. The van der Waals surface area contributed by atoms with E-state index < -0.39 is 5.25 Å². The molecule has 0 radical (unpaired) electrons. The summed E-state index contributed by atoms with van der Waals surface area (Å²) in [5.74, 6) is 1.20. The molecular formula is C20H20N4O3S. The van der Waals surface area contributed by atoms with Crippen LogP contribution in [0.25, 0.3) is 11.4 Å². The molecule has 3 rings (SSSR count). The van der Waals surface area contributed by atoms with E-state index in [-0.39, 0.29) is 11.7 Å². The van der Waals surface area contributed by atoms with Gasteiger partial charge in [0.15, 0.2) is 11.6 Å². The van der Waals surface area contributed by atoms with Gasteiger partial charge in [-0.1, -0.05) is 11.8 Å². The predicted molar refractivity (Wildman–Crippen MR) is 109 cm³/mol.